The predicted molar refractivity (Wildman–Crippen MR) is 114 cm³/mol. The van der Waals surface area contributed by atoms with Crippen LogP contribution in [0.1, 0.15) is 73.7 Å². The van der Waals surface area contributed by atoms with E-state index in [0.717, 1.165) is 25.0 Å². The molecule has 0 amide bonds. The van der Waals surface area contributed by atoms with Crippen molar-refractivity contribution in [2.75, 3.05) is 20.3 Å². The number of carboxylic acids is 1. The van der Waals surface area contributed by atoms with Gasteiger partial charge in [-0.05, 0) is 18.9 Å². The first-order valence-corrected chi connectivity index (χ1v) is 10.5. The summed E-state index contributed by atoms with van der Waals surface area (Å²) in [6.07, 6.45) is 2.37. The summed E-state index contributed by atoms with van der Waals surface area (Å²) in [6.45, 7) is 7.14. The molecule has 0 radical (unpaired) electrons. The van der Waals surface area contributed by atoms with E-state index in [0.29, 0.717) is 47.6 Å². The molecule has 8 nitrogen and oxygen atoms in total. The number of carboxylic acid groups (broad SMARTS) is 1. The third-order valence-electron chi connectivity index (χ3n) is 5.55. The van der Waals surface area contributed by atoms with E-state index in [1.165, 1.54) is 6.07 Å². The Morgan fingerprint density at radius 1 is 1.29 bits per heavy atom. The van der Waals surface area contributed by atoms with Gasteiger partial charge in [0.25, 0.3) is 5.56 Å². The third kappa shape index (κ3) is 4.17. The van der Waals surface area contributed by atoms with E-state index < -0.39 is 17.6 Å². The minimum absolute atomic E-state index is 0.305. The van der Waals surface area contributed by atoms with Gasteiger partial charge in [-0.1, -0.05) is 20.8 Å². The average molecular weight is 428 g/mol. The van der Waals surface area contributed by atoms with Gasteiger partial charge < -0.3 is 24.3 Å². The molecule has 31 heavy (non-hydrogen) atoms. The largest absolute Gasteiger partial charge is 0.491 e. The highest BCUT2D eigenvalue weighted by Gasteiger charge is 2.39. The summed E-state index contributed by atoms with van der Waals surface area (Å²) in [6, 6.07) is 3.27. The maximum atomic E-state index is 12.5. The Kier molecular flexibility index (Phi) is 5.51. The second kappa shape index (κ2) is 8.00. The Morgan fingerprint density at radius 3 is 2.65 bits per heavy atom. The number of rotatable bonds is 7. The number of ether oxygens (including phenoxy) is 3. The molecule has 166 valence electrons. The van der Waals surface area contributed by atoms with Gasteiger partial charge in [0.05, 0.1) is 18.0 Å². The summed E-state index contributed by atoms with van der Waals surface area (Å²) < 4.78 is 17.4. The fourth-order valence-corrected chi connectivity index (χ4v) is 3.85. The smallest absolute Gasteiger partial charge is 0.341 e. The molecule has 2 aromatic rings. The van der Waals surface area contributed by atoms with Crippen LogP contribution in [-0.2, 0) is 4.74 Å². The van der Waals surface area contributed by atoms with E-state index in [1.54, 1.807) is 7.11 Å². The second-order valence-corrected chi connectivity index (χ2v) is 9.20. The minimum atomic E-state index is -1.27. The Morgan fingerprint density at radius 2 is 2.03 bits per heavy atom. The first-order chi connectivity index (χ1) is 14.7. The molecule has 2 aromatic heterocycles. The van der Waals surface area contributed by atoms with Crippen LogP contribution < -0.4 is 15.0 Å². The summed E-state index contributed by atoms with van der Waals surface area (Å²) in [5, 5.41) is 9.43. The van der Waals surface area contributed by atoms with Crippen molar-refractivity contribution >= 4 is 5.97 Å². The van der Waals surface area contributed by atoms with Gasteiger partial charge in [-0.25, -0.2) is 9.78 Å². The van der Waals surface area contributed by atoms with Crippen LogP contribution in [0.3, 0.4) is 0 Å². The van der Waals surface area contributed by atoms with Gasteiger partial charge in [0.2, 0.25) is 0 Å². The van der Waals surface area contributed by atoms with Crippen LogP contribution >= 0.6 is 0 Å². The van der Waals surface area contributed by atoms with Gasteiger partial charge in [-0.2, -0.15) is 0 Å². The first kappa shape index (κ1) is 21.4. The highest BCUT2D eigenvalue weighted by Crippen LogP contribution is 2.51. The third-order valence-corrected chi connectivity index (χ3v) is 5.55. The topological polar surface area (TPSA) is 111 Å². The lowest BCUT2D eigenvalue weighted by atomic mass is 9.81. The Bertz CT molecular complexity index is 1060. The van der Waals surface area contributed by atoms with Crippen LogP contribution in [0.4, 0.5) is 0 Å². The normalized spacial score (nSPS) is 17.5. The molecule has 3 heterocycles. The van der Waals surface area contributed by atoms with Crippen molar-refractivity contribution in [1.29, 1.82) is 0 Å². The molecule has 1 saturated carbocycles. The SMILES string of the molecule is COCCCOc1cc2c(nc1C1CC1)-c1[nH]c(=O)c(C(=O)O)cc1C(C(C)(C)C)O2. The van der Waals surface area contributed by atoms with Crippen molar-refractivity contribution in [2.24, 2.45) is 5.41 Å². The van der Waals surface area contributed by atoms with Gasteiger partial charge in [0.15, 0.2) is 5.75 Å². The monoisotopic (exact) mass is 428 g/mol. The second-order valence-electron chi connectivity index (χ2n) is 9.20. The van der Waals surface area contributed by atoms with Gasteiger partial charge in [-0.15, -0.1) is 0 Å². The molecule has 0 spiro atoms. The molecule has 4 rings (SSSR count). The fraction of sp³-hybridized carbons (Fsp3) is 0.522. The maximum Gasteiger partial charge on any atom is 0.341 e. The number of nitrogens with one attached hydrogen (secondary N) is 1. The molecule has 0 saturated heterocycles. The lowest BCUT2D eigenvalue weighted by Gasteiger charge is -2.36. The Balaban J connectivity index is 1.84. The zero-order chi connectivity index (χ0) is 22.3. The molecule has 2 N–H and O–H groups in total. The lowest BCUT2D eigenvalue weighted by molar-refractivity contribution is 0.0690. The number of carbonyl (C=O) groups is 1. The van der Waals surface area contributed by atoms with Crippen molar-refractivity contribution in [3.05, 3.63) is 39.3 Å². The minimum Gasteiger partial charge on any atom is -0.491 e. The molecule has 1 atom stereocenters. The number of nitrogens with zero attached hydrogens (tertiary/aromatic N) is 1. The molecule has 1 aliphatic heterocycles. The number of aromatic nitrogens is 2. The lowest BCUT2D eigenvalue weighted by Crippen LogP contribution is -2.31. The molecular formula is C23H28N2O6. The summed E-state index contributed by atoms with van der Waals surface area (Å²) in [5.41, 5.74) is 1.21. The summed E-state index contributed by atoms with van der Waals surface area (Å²) >= 11 is 0. The van der Waals surface area contributed by atoms with E-state index in [-0.39, 0.29) is 11.0 Å². The first-order valence-electron chi connectivity index (χ1n) is 10.5. The van der Waals surface area contributed by atoms with Crippen LogP contribution in [-0.4, -0.2) is 41.4 Å². The van der Waals surface area contributed by atoms with Crippen LogP contribution in [0.2, 0.25) is 0 Å². The van der Waals surface area contributed by atoms with E-state index >= 15 is 0 Å². The molecule has 1 unspecified atom stereocenters. The Hall–Kier alpha value is -2.87. The molecule has 0 aromatic carbocycles. The summed E-state index contributed by atoms with van der Waals surface area (Å²) in [4.78, 5) is 31.6. The quantitative estimate of drug-likeness (QED) is 0.643. The highest BCUT2D eigenvalue weighted by atomic mass is 16.5. The number of pyridine rings is 2. The standard InChI is InChI=1S/C23H28N2O6/c1-23(2,3)20-13-10-14(22(27)28)21(26)25-18(13)19-16(31-20)11-15(30-9-5-8-29-4)17(24-19)12-6-7-12/h10-12,20H,5-9H2,1-4H3,(H,25,26)(H,27,28). The van der Waals surface area contributed by atoms with Gasteiger partial charge in [0, 0.05) is 43.1 Å². The fourth-order valence-electron chi connectivity index (χ4n) is 3.85. The predicted octanol–water partition coefficient (Wildman–Crippen LogP) is 3.91. The molecule has 8 heteroatoms. The number of hydrogen-bond acceptors (Lipinski definition) is 6. The van der Waals surface area contributed by atoms with E-state index in [9.17, 15) is 14.7 Å². The molecule has 1 aliphatic carbocycles. The Labute approximate surface area is 180 Å². The van der Waals surface area contributed by atoms with Gasteiger partial charge in [-0.3, -0.25) is 4.79 Å². The van der Waals surface area contributed by atoms with E-state index in [4.69, 9.17) is 19.2 Å². The van der Waals surface area contributed by atoms with Crippen LogP contribution in [0.15, 0.2) is 16.9 Å². The zero-order valence-electron chi connectivity index (χ0n) is 18.3. The maximum absolute atomic E-state index is 12.5. The number of hydrogen-bond donors (Lipinski definition) is 2. The van der Waals surface area contributed by atoms with Crippen molar-refractivity contribution in [2.45, 2.75) is 52.1 Å². The van der Waals surface area contributed by atoms with E-state index in [2.05, 4.69) is 4.98 Å². The molecule has 0 bridgehead atoms. The average Bonchev–Trinajstić information content (AvgIpc) is 3.54. The van der Waals surface area contributed by atoms with Crippen molar-refractivity contribution < 1.29 is 24.1 Å². The van der Waals surface area contributed by atoms with Crippen molar-refractivity contribution in [3.8, 4) is 22.9 Å². The van der Waals surface area contributed by atoms with Crippen LogP contribution in [0.25, 0.3) is 11.4 Å². The molecule has 1 fully saturated rings. The zero-order valence-corrected chi connectivity index (χ0v) is 18.3. The summed E-state index contributed by atoms with van der Waals surface area (Å²) in [7, 11) is 1.66. The number of H-pyrrole nitrogens is 1. The van der Waals surface area contributed by atoms with Crippen LogP contribution in [0, 0.1) is 5.41 Å². The summed E-state index contributed by atoms with van der Waals surface area (Å²) in [5.74, 6) is 0.265. The number of fused-ring (bicyclic) bond motifs is 3. The van der Waals surface area contributed by atoms with Crippen LogP contribution in [0.5, 0.6) is 11.5 Å². The highest BCUT2D eigenvalue weighted by molar-refractivity contribution is 5.88. The van der Waals surface area contributed by atoms with Crippen molar-refractivity contribution in [1.82, 2.24) is 9.97 Å². The number of aromatic amines is 1. The van der Waals surface area contributed by atoms with Gasteiger partial charge >= 0.3 is 5.97 Å². The molecular weight excluding hydrogens is 400 g/mol. The number of aromatic carboxylic acids is 1. The van der Waals surface area contributed by atoms with Gasteiger partial charge in [0.1, 0.15) is 23.1 Å². The van der Waals surface area contributed by atoms with Crippen molar-refractivity contribution in [3.63, 3.8) is 0 Å². The number of methoxy groups -OCH3 is 1. The van der Waals surface area contributed by atoms with E-state index in [1.807, 2.05) is 26.8 Å². The molecule has 2 aliphatic rings.